The molecule has 0 heterocycles. The summed E-state index contributed by atoms with van der Waals surface area (Å²) in [6.45, 7) is 0.152. The number of fused-ring (bicyclic) bond motifs is 1. The second kappa shape index (κ2) is 6.29. The van der Waals surface area contributed by atoms with Gasteiger partial charge in [0.25, 0.3) is 9.84 Å². The van der Waals surface area contributed by atoms with E-state index in [1.807, 2.05) is 0 Å². The molecule has 0 fully saturated rings. The Kier molecular flexibility index (Phi) is 4.98. The molecule has 0 aliphatic heterocycles. The Morgan fingerprint density at radius 1 is 1.27 bits per heavy atom. The molecule has 1 N–H and O–H groups in total. The van der Waals surface area contributed by atoms with Crippen LogP contribution in [0.15, 0.2) is 26.5 Å². The van der Waals surface area contributed by atoms with Gasteiger partial charge in [-0.1, -0.05) is 15.9 Å². The first kappa shape index (κ1) is 17.4. The lowest BCUT2D eigenvalue weighted by Crippen LogP contribution is -2.25. The zero-order valence-corrected chi connectivity index (χ0v) is 13.7. The molecule has 0 spiro atoms. The van der Waals surface area contributed by atoms with Gasteiger partial charge in [-0.25, -0.2) is 8.42 Å². The first-order valence-corrected chi connectivity index (χ1v) is 8.75. The highest BCUT2D eigenvalue weighted by Gasteiger charge is 2.49. The van der Waals surface area contributed by atoms with E-state index in [4.69, 9.17) is 5.11 Å². The fraction of sp³-hybridized carbons (Fsp3) is 0.462. The smallest absolute Gasteiger partial charge is 0.396 e. The minimum Gasteiger partial charge on any atom is -0.396 e. The maximum Gasteiger partial charge on any atom is 0.501 e. The zero-order chi connectivity index (χ0) is 16.5. The van der Waals surface area contributed by atoms with E-state index in [0.717, 1.165) is 6.07 Å². The number of hydrogen-bond donors (Lipinski definition) is 1. The zero-order valence-electron chi connectivity index (χ0n) is 11.3. The monoisotopic (exact) mass is 399 g/mol. The lowest BCUT2D eigenvalue weighted by atomic mass is 10.1. The lowest BCUT2D eigenvalue weighted by Gasteiger charge is -2.13. The largest absolute Gasteiger partial charge is 0.501 e. The van der Waals surface area contributed by atoms with Crippen molar-refractivity contribution in [1.82, 2.24) is 0 Å². The number of halogens is 4. The molecule has 9 heteroatoms. The number of aliphatic hydroxyl groups excluding tert-OH is 1. The number of sulfone groups is 1. The van der Waals surface area contributed by atoms with E-state index < -0.39 is 20.2 Å². The van der Waals surface area contributed by atoms with Crippen LogP contribution < -0.4 is 0 Å². The van der Waals surface area contributed by atoms with Crippen LogP contribution in [0, 0.1) is 0 Å². The molecular formula is C13H13BrF3NO3S. The number of alkyl halides is 3. The summed E-state index contributed by atoms with van der Waals surface area (Å²) in [7, 11) is -5.43. The number of aliphatic imine (C=N–C) groups is 1. The van der Waals surface area contributed by atoms with Gasteiger partial charge < -0.3 is 5.11 Å². The fourth-order valence-electron chi connectivity index (χ4n) is 2.32. The third-order valence-electron chi connectivity index (χ3n) is 3.33. The van der Waals surface area contributed by atoms with Crippen molar-refractivity contribution >= 4 is 31.5 Å². The summed E-state index contributed by atoms with van der Waals surface area (Å²) in [4.78, 5) is 3.40. The van der Waals surface area contributed by atoms with Crippen LogP contribution in [-0.2, 0) is 16.3 Å². The van der Waals surface area contributed by atoms with E-state index >= 15 is 0 Å². The highest BCUT2D eigenvalue weighted by molar-refractivity contribution is 9.10. The molecule has 1 aliphatic carbocycles. The molecular weight excluding hydrogens is 387 g/mol. The topological polar surface area (TPSA) is 66.7 Å². The Hall–Kier alpha value is -0.930. The average Bonchev–Trinajstić information content (AvgIpc) is 2.83. The molecule has 0 atom stereocenters. The van der Waals surface area contributed by atoms with E-state index in [1.54, 1.807) is 0 Å². The van der Waals surface area contributed by atoms with Crippen LogP contribution in [0.3, 0.4) is 0 Å². The molecule has 2 rings (SSSR count). The fourth-order valence-corrected chi connectivity index (χ4v) is 3.86. The summed E-state index contributed by atoms with van der Waals surface area (Å²) >= 11 is 3.24. The molecule has 0 aromatic heterocycles. The van der Waals surface area contributed by atoms with Crippen molar-refractivity contribution in [2.45, 2.75) is 29.7 Å². The van der Waals surface area contributed by atoms with Crippen LogP contribution in [-0.4, -0.2) is 37.9 Å². The average molecular weight is 400 g/mol. The third kappa shape index (κ3) is 3.07. The van der Waals surface area contributed by atoms with Gasteiger partial charge in [0, 0.05) is 28.9 Å². The van der Waals surface area contributed by atoms with Crippen LogP contribution >= 0.6 is 15.9 Å². The number of nitrogens with zero attached hydrogens (tertiary/aromatic N) is 1. The SMILES string of the molecule is O=S(=O)(c1ccc(Br)c2c1C(=NCCCO)CC2)C(F)(F)F. The molecule has 0 saturated heterocycles. The Morgan fingerprint density at radius 2 is 1.95 bits per heavy atom. The molecule has 0 unspecified atom stereocenters. The van der Waals surface area contributed by atoms with Gasteiger partial charge in [0.05, 0.1) is 4.90 Å². The van der Waals surface area contributed by atoms with Crippen LogP contribution in [0.5, 0.6) is 0 Å². The number of aliphatic hydroxyl groups is 1. The minimum absolute atomic E-state index is 0.0460. The summed E-state index contributed by atoms with van der Waals surface area (Å²) in [6, 6.07) is 2.27. The van der Waals surface area contributed by atoms with Crippen molar-refractivity contribution in [3.8, 4) is 0 Å². The second-order valence-electron chi connectivity index (χ2n) is 4.75. The van der Waals surface area contributed by atoms with Gasteiger partial charge in [-0.05, 0) is 37.0 Å². The van der Waals surface area contributed by atoms with Crippen LogP contribution in [0.25, 0.3) is 0 Å². The van der Waals surface area contributed by atoms with Crippen molar-refractivity contribution in [3.63, 3.8) is 0 Å². The van der Waals surface area contributed by atoms with Gasteiger partial charge in [-0.2, -0.15) is 13.2 Å². The van der Waals surface area contributed by atoms with Crippen molar-refractivity contribution in [3.05, 3.63) is 27.7 Å². The quantitative estimate of drug-likeness (QED) is 0.791. The Balaban J connectivity index is 2.61. The summed E-state index contributed by atoms with van der Waals surface area (Å²) in [5.74, 6) is 0. The van der Waals surface area contributed by atoms with E-state index in [0.29, 0.717) is 35.0 Å². The van der Waals surface area contributed by atoms with Gasteiger partial charge in [0.15, 0.2) is 0 Å². The maximum absolute atomic E-state index is 12.8. The first-order valence-electron chi connectivity index (χ1n) is 6.47. The molecule has 22 heavy (non-hydrogen) atoms. The van der Waals surface area contributed by atoms with Gasteiger partial charge in [-0.15, -0.1) is 0 Å². The summed E-state index contributed by atoms with van der Waals surface area (Å²) < 4.78 is 62.6. The number of rotatable bonds is 4. The Morgan fingerprint density at radius 3 is 2.55 bits per heavy atom. The predicted molar refractivity (Wildman–Crippen MR) is 78.8 cm³/mol. The van der Waals surface area contributed by atoms with Gasteiger partial charge in [0.2, 0.25) is 0 Å². The molecule has 122 valence electrons. The molecule has 0 saturated carbocycles. The van der Waals surface area contributed by atoms with Gasteiger partial charge in [0.1, 0.15) is 0 Å². The molecule has 1 aromatic rings. The maximum atomic E-state index is 12.8. The molecule has 0 bridgehead atoms. The molecule has 4 nitrogen and oxygen atoms in total. The second-order valence-corrected chi connectivity index (χ2v) is 7.52. The molecule has 1 aromatic carbocycles. The summed E-state index contributed by atoms with van der Waals surface area (Å²) in [6.07, 6.45) is 1.17. The highest BCUT2D eigenvalue weighted by atomic mass is 79.9. The van der Waals surface area contributed by atoms with Crippen molar-refractivity contribution < 1.29 is 26.7 Å². The van der Waals surface area contributed by atoms with E-state index in [2.05, 4.69) is 20.9 Å². The third-order valence-corrected chi connectivity index (χ3v) is 5.60. The van der Waals surface area contributed by atoms with Gasteiger partial charge in [-0.3, -0.25) is 4.99 Å². The lowest BCUT2D eigenvalue weighted by molar-refractivity contribution is -0.0436. The van der Waals surface area contributed by atoms with Crippen LogP contribution in [0.1, 0.15) is 24.0 Å². The summed E-state index contributed by atoms with van der Waals surface area (Å²) in [5.41, 5.74) is -4.45. The normalized spacial score (nSPS) is 17.0. The molecule has 0 amide bonds. The first-order chi connectivity index (χ1) is 10.2. The van der Waals surface area contributed by atoms with Crippen molar-refractivity contribution in [2.24, 2.45) is 4.99 Å². The Labute approximate surface area is 134 Å². The van der Waals surface area contributed by atoms with E-state index in [1.165, 1.54) is 6.07 Å². The summed E-state index contributed by atoms with van der Waals surface area (Å²) in [5, 5.41) is 8.75. The standard InChI is InChI=1S/C13H13BrF3NO3S/c14-9-3-5-11(22(20,21)13(15,16)17)12-8(9)2-4-10(12)18-6-1-7-19/h3,5,19H,1-2,4,6-7H2. The van der Waals surface area contributed by atoms with E-state index in [9.17, 15) is 21.6 Å². The van der Waals surface area contributed by atoms with Crippen LogP contribution in [0.4, 0.5) is 13.2 Å². The number of hydrogen-bond acceptors (Lipinski definition) is 4. The van der Waals surface area contributed by atoms with Crippen LogP contribution in [0.2, 0.25) is 0 Å². The predicted octanol–water partition coefficient (Wildman–Crippen LogP) is 2.86. The Bertz CT molecular complexity index is 714. The highest BCUT2D eigenvalue weighted by Crippen LogP contribution is 2.39. The molecule has 1 aliphatic rings. The van der Waals surface area contributed by atoms with Gasteiger partial charge >= 0.3 is 5.51 Å². The van der Waals surface area contributed by atoms with E-state index in [-0.39, 0.29) is 18.7 Å². The number of benzene rings is 1. The minimum atomic E-state index is -5.43. The molecule has 0 radical (unpaired) electrons. The van der Waals surface area contributed by atoms with Crippen molar-refractivity contribution in [2.75, 3.05) is 13.2 Å². The van der Waals surface area contributed by atoms with Crippen molar-refractivity contribution in [1.29, 1.82) is 0 Å².